The zero-order valence-corrected chi connectivity index (χ0v) is 8.36. The van der Waals surface area contributed by atoms with Crippen molar-refractivity contribution >= 4 is 34.2 Å². The molecule has 0 aliphatic heterocycles. The minimum Gasteiger partial charge on any atom is -0.392 e. The largest absolute Gasteiger partial charge is 0.392 e. The Balaban J connectivity index is 3.25. The molecule has 0 spiro atoms. The topological polar surface area (TPSA) is 20.2 Å². The Bertz CT molecular complexity index is 254. The molecule has 0 radical (unpaired) electrons. The summed E-state index contributed by atoms with van der Waals surface area (Å²) in [5, 5.41) is 9.05. The van der Waals surface area contributed by atoms with Crippen LogP contribution in [0.5, 0.6) is 0 Å². The van der Waals surface area contributed by atoms with Gasteiger partial charge in [0.15, 0.2) is 0 Å². The Labute approximate surface area is 82.3 Å². The number of hydrogen-bond acceptors (Lipinski definition) is 1. The first-order valence-corrected chi connectivity index (χ1v) is 4.35. The molecule has 1 N–H and O–H groups in total. The average molecular weight is 286 g/mol. The van der Waals surface area contributed by atoms with E-state index in [1.807, 2.05) is 22.6 Å². The van der Waals surface area contributed by atoms with Gasteiger partial charge in [-0.25, -0.2) is 4.39 Å². The molecule has 0 aliphatic rings. The van der Waals surface area contributed by atoms with Crippen LogP contribution in [0.1, 0.15) is 5.56 Å². The average Bonchev–Trinajstić information content (AvgIpc) is 1.85. The first-order chi connectivity index (χ1) is 5.15. The number of halogens is 3. The minimum absolute atomic E-state index is 0.290. The highest BCUT2D eigenvalue weighted by molar-refractivity contribution is 14.1. The molecule has 0 bridgehead atoms. The summed E-state index contributed by atoms with van der Waals surface area (Å²) >= 11 is 7.48. The van der Waals surface area contributed by atoms with Crippen molar-refractivity contribution in [1.82, 2.24) is 0 Å². The van der Waals surface area contributed by atoms with Crippen LogP contribution < -0.4 is 0 Å². The van der Waals surface area contributed by atoms with Crippen molar-refractivity contribution in [2.45, 2.75) is 6.61 Å². The normalized spacial score (nSPS) is 10.2. The number of hydrogen-bond donors (Lipinski definition) is 1. The third-order valence-corrected chi connectivity index (χ3v) is 2.44. The van der Waals surface area contributed by atoms with Crippen LogP contribution in [-0.4, -0.2) is 5.11 Å². The SMILES string of the molecule is OCc1c(F)cc(Cl)cc1I. The summed E-state index contributed by atoms with van der Waals surface area (Å²) in [4.78, 5) is 0. The van der Waals surface area contributed by atoms with Crippen LogP contribution in [0.15, 0.2) is 12.1 Å². The minimum atomic E-state index is -0.454. The fourth-order valence-electron chi connectivity index (χ4n) is 0.723. The van der Waals surface area contributed by atoms with E-state index in [0.29, 0.717) is 14.2 Å². The maximum atomic E-state index is 12.9. The summed E-state index contributed by atoms with van der Waals surface area (Å²) < 4.78 is 13.5. The van der Waals surface area contributed by atoms with Gasteiger partial charge in [-0.2, -0.15) is 0 Å². The van der Waals surface area contributed by atoms with Crippen LogP contribution in [-0.2, 0) is 6.61 Å². The van der Waals surface area contributed by atoms with E-state index in [1.165, 1.54) is 6.07 Å². The Morgan fingerprint density at radius 1 is 1.55 bits per heavy atom. The molecule has 0 unspecified atom stereocenters. The van der Waals surface area contributed by atoms with Gasteiger partial charge in [-0.05, 0) is 34.7 Å². The van der Waals surface area contributed by atoms with E-state index in [2.05, 4.69) is 0 Å². The van der Waals surface area contributed by atoms with Crippen molar-refractivity contribution in [3.05, 3.63) is 32.1 Å². The first kappa shape index (κ1) is 9.22. The number of rotatable bonds is 1. The highest BCUT2D eigenvalue weighted by atomic mass is 127. The Morgan fingerprint density at radius 3 is 2.64 bits per heavy atom. The van der Waals surface area contributed by atoms with Gasteiger partial charge in [0.1, 0.15) is 5.82 Å². The summed E-state index contributed by atoms with van der Waals surface area (Å²) in [6.45, 7) is -0.290. The van der Waals surface area contributed by atoms with Gasteiger partial charge in [0.2, 0.25) is 0 Å². The van der Waals surface area contributed by atoms with Gasteiger partial charge >= 0.3 is 0 Å². The quantitative estimate of drug-likeness (QED) is 0.787. The van der Waals surface area contributed by atoms with Gasteiger partial charge < -0.3 is 5.11 Å². The molecule has 0 aliphatic carbocycles. The second-order valence-electron chi connectivity index (χ2n) is 2.01. The Hall–Kier alpha value is 0.130. The molecule has 1 nitrogen and oxygen atoms in total. The molecule has 4 heteroatoms. The molecule has 60 valence electrons. The second-order valence-corrected chi connectivity index (χ2v) is 3.60. The van der Waals surface area contributed by atoms with Gasteiger partial charge in [0.05, 0.1) is 6.61 Å². The van der Waals surface area contributed by atoms with Crippen LogP contribution in [0, 0.1) is 9.39 Å². The molecule has 0 amide bonds. The van der Waals surface area contributed by atoms with Crippen molar-refractivity contribution in [2.75, 3.05) is 0 Å². The number of benzene rings is 1. The van der Waals surface area contributed by atoms with Crippen molar-refractivity contribution in [3.8, 4) is 0 Å². The van der Waals surface area contributed by atoms with Gasteiger partial charge in [-0.15, -0.1) is 0 Å². The van der Waals surface area contributed by atoms with E-state index in [1.54, 1.807) is 6.07 Å². The fraction of sp³-hybridized carbons (Fsp3) is 0.143. The standard InChI is InChI=1S/C7H5ClFIO/c8-4-1-6(9)5(3-11)7(10)2-4/h1-2,11H,3H2. The molecule has 0 fully saturated rings. The maximum Gasteiger partial charge on any atom is 0.131 e. The van der Waals surface area contributed by atoms with Crippen LogP contribution >= 0.6 is 34.2 Å². The van der Waals surface area contributed by atoms with E-state index in [4.69, 9.17) is 16.7 Å². The first-order valence-electron chi connectivity index (χ1n) is 2.89. The van der Waals surface area contributed by atoms with Gasteiger partial charge in [0, 0.05) is 14.2 Å². The van der Waals surface area contributed by atoms with Gasteiger partial charge in [-0.1, -0.05) is 11.6 Å². The summed E-state index contributed by atoms with van der Waals surface area (Å²) in [5.41, 5.74) is 0.301. The van der Waals surface area contributed by atoms with Gasteiger partial charge in [0.25, 0.3) is 0 Å². The summed E-state index contributed by atoms with van der Waals surface area (Å²) in [5.74, 6) is -0.454. The zero-order chi connectivity index (χ0) is 8.43. The van der Waals surface area contributed by atoms with Crippen LogP contribution in [0.3, 0.4) is 0 Å². The highest BCUT2D eigenvalue weighted by Gasteiger charge is 2.06. The molecule has 0 aromatic heterocycles. The molecule has 0 heterocycles. The number of aliphatic hydroxyl groups is 1. The van der Waals surface area contributed by atoms with E-state index >= 15 is 0 Å². The van der Waals surface area contributed by atoms with Crippen LogP contribution in [0.25, 0.3) is 0 Å². The molecule has 1 aromatic rings. The van der Waals surface area contributed by atoms with Gasteiger partial charge in [-0.3, -0.25) is 0 Å². The second kappa shape index (κ2) is 3.69. The summed E-state index contributed by atoms with van der Waals surface area (Å²) in [6, 6.07) is 2.80. The lowest BCUT2D eigenvalue weighted by Crippen LogP contribution is -1.93. The van der Waals surface area contributed by atoms with Crippen molar-refractivity contribution in [1.29, 1.82) is 0 Å². The number of aliphatic hydroxyl groups excluding tert-OH is 1. The smallest absolute Gasteiger partial charge is 0.131 e. The molecule has 1 aromatic carbocycles. The predicted octanol–water partition coefficient (Wildman–Crippen LogP) is 2.58. The van der Waals surface area contributed by atoms with E-state index in [0.717, 1.165) is 0 Å². The van der Waals surface area contributed by atoms with Crippen molar-refractivity contribution in [3.63, 3.8) is 0 Å². The summed E-state index contributed by atoms with van der Waals surface area (Å²) in [7, 11) is 0. The third kappa shape index (κ3) is 2.04. The molecule has 0 atom stereocenters. The molecular formula is C7H5ClFIO. The van der Waals surface area contributed by atoms with Crippen molar-refractivity contribution in [2.24, 2.45) is 0 Å². The lowest BCUT2D eigenvalue weighted by molar-refractivity contribution is 0.275. The lowest BCUT2D eigenvalue weighted by Gasteiger charge is -2.02. The van der Waals surface area contributed by atoms with Crippen molar-refractivity contribution < 1.29 is 9.50 Å². The van der Waals surface area contributed by atoms with Crippen LogP contribution in [0.4, 0.5) is 4.39 Å². The molecule has 11 heavy (non-hydrogen) atoms. The third-order valence-electron chi connectivity index (χ3n) is 1.26. The Kier molecular flexibility index (Phi) is 3.09. The molecule has 1 rings (SSSR count). The molecule has 0 saturated heterocycles. The predicted molar refractivity (Wildman–Crippen MR) is 50.0 cm³/mol. The summed E-state index contributed by atoms with van der Waals surface area (Å²) in [6.07, 6.45) is 0. The van der Waals surface area contributed by atoms with Crippen LogP contribution in [0.2, 0.25) is 5.02 Å². The Morgan fingerprint density at radius 2 is 2.18 bits per heavy atom. The van der Waals surface area contributed by atoms with E-state index in [9.17, 15) is 4.39 Å². The maximum absolute atomic E-state index is 12.9. The fourth-order valence-corrected chi connectivity index (χ4v) is 1.88. The van der Waals surface area contributed by atoms with E-state index < -0.39 is 5.82 Å². The monoisotopic (exact) mass is 286 g/mol. The zero-order valence-electron chi connectivity index (χ0n) is 5.44. The van der Waals surface area contributed by atoms with E-state index in [-0.39, 0.29) is 6.61 Å². The molecule has 0 saturated carbocycles. The lowest BCUT2D eigenvalue weighted by atomic mass is 10.2. The highest BCUT2D eigenvalue weighted by Crippen LogP contribution is 2.21. The molecular weight excluding hydrogens is 281 g/mol.